The summed E-state index contributed by atoms with van der Waals surface area (Å²) in [6, 6.07) is 14.2. The van der Waals surface area contributed by atoms with Crippen LogP contribution >= 0.6 is 34.4 Å². The van der Waals surface area contributed by atoms with E-state index in [0.717, 1.165) is 21.9 Å². The SMILES string of the molecule is COc1ccc2nc(Sc3ccc(I)cc3)[nH]c2c1. The molecule has 0 aliphatic heterocycles. The molecule has 1 aromatic heterocycles. The summed E-state index contributed by atoms with van der Waals surface area (Å²) in [5, 5.41) is 0.893. The number of imidazole rings is 1. The molecule has 0 atom stereocenters. The largest absolute Gasteiger partial charge is 0.497 e. The van der Waals surface area contributed by atoms with E-state index in [1.807, 2.05) is 18.2 Å². The Kier molecular flexibility index (Phi) is 3.65. The molecule has 0 saturated carbocycles. The van der Waals surface area contributed by atoms with Gasteiger partial charge in [-0.15, -0.1) is 0 Å². The minimum absolute atomic E-state index is 0.835. The second-order valence-corrected chi connectivity index (χ2v) is 6.29. The first-order valence-electron chi connectivity index (χ1n) is 5.72. The number of hydrogen-bond acceptors (Lipinski definition) is 3. The highest BCUT2D eigenvalue weighted by Gasteiger charge is 2.05. The van der Waals surface area contributed by atoms with Crippen LogP contribution in [-0.4, -0.2) is 17.1 Å². The monoisotopic (exact) mass is 382 g/mol. The molecule has 0 aliphatic rings. The van der Waals surface area contributed by atoms with Gasteiger partial charge in [-0.05, 0) is 59.0 Å². The molecule has 3 rings (SSSR count). The third-order valence-electron chi connectivity index (χ3n) is 2.70. The molecule has 0 amide bonds. The van der Waals surface area contributed by atoms with Crippen LogP contribution in [0, 0.1) is 3.57 Å². The van der Waals surface area contributed by atoms with Crippen molar-refractivity contribution in [2.75, 3.05) is 7.11 Å². The van der Waals surface area contributed by atoms with Gasteiger partial charge in [-0.1, -0.05) is 11.8 Å². The van der Waals surface area contributed by atoms with Gasteiger partial charge in [0.05, 0.1) is 18.1 Å². The standard InChI is InChI=1S/C14H11IN2OS/c1-18-10-4-7-12-13(8-10)17-14(16-12)19-11-5-2-9(15)3-6-11/h2-8H,1H3,(H,16,17). The van der Waals surface area contributed by atoms with Crippen molar-refractivity contribution in [1.82, 2.24) is 9.97 Å². The zero-order valence-electron chi connectivity index (χ0n) is 10.2. The van der Waals surface area contributed by atoms with Crippen molar-refractivity contribution in [1.29, 1.82) is 0 Å². The Morgan fingerprint density at radius 2 is 1.95 bits per heavy atom. The summed E-state index contributed by atoms with van der Waals surface area (Å²) in [4.78, 5) is 9.03. The Hall–Kier alpha value is -1.21. The first kappa shape index (κ1) is 12.8. The van der Waals surface area contributed by atoms with Gasteiger partial charge in [0.2, 0.25) is 0 Å². The number of methoxy groups -OCH3 is 1. The number of aromatic nitrogens is 2. The second kappa shape index (κ2) is 5.42. The Balaban J connectivity index is 1.90. The van der Waals surface area contributed by atoms with Gasteiger partial charge in [-0.2, -0.15) is 0 Å². The van der Waals surface area contributed by atoms with Gasteiger partial charge in [0.15, 0.2) is 5.16 Å². The fraction of sp³-hybridized carbons (Fsp3) is 0.0714. The minimum Gasteiger partial charge on any atom is -0.497 e. The third kappa shape index (κ3) is 2.87. The average molecular weight is 382 g/mol. The molecule has 1 heterocycles. The fourth-order valence-corrected chi connectivity index (χ4v) is 2.91. The number of fused-ring (bicyclic) bond motifs is 1. The molecule has 5 heteroatoms. The van der Waals surface area contributed by atoms with Crippen LogP contribution in [0.15, 0.2) is 52.5 Å². The summed E-state index contributed by atoms with van der Waals surface area (Å²) < 4.78 is 6.44. The van der Waals surface area contributed by atoms with Gasteiger partial charge in [0.25, 0.3) is 0 Å². The van der Waals surface area contributed by atoms with Gasteiger partial charge >= 0.3 is 0 Å². The van der Waals surface area contributed by atoms with Gasteiger partial charge in [-0.25, -0.2) is 4.98 Å². The van der Waals surface area contributed by atoms with E-state index in [1.165, 1.54) is 8.47 Å². The lowest BCUT2D eigenvalue weighted by molar-refractivity contribution is 0.415. The van der Waals surface area contributed by atoms with Crippen molar-refractivity contribution in [3.63, 3.8) is 0 Å². The van der Waals surface area contributed by atoms with Crippen molar-refractivity contribution >= 4 is 45.4 Å². The van der Waals surface area contributed by atoms with Crippen LogP contribution in [0.5, 0.6) is 5.75 Å². The van der Waals surface area contributed by atoms with Gasteiger partial charge in [0, 0.05) is 14.5 Å². The Labute approximate surface area is 128 Å². The van der Waals surface area contributed by atoms with E-state index in [2.05, 4.69) is 56.8 Å². The van der Waals surface area contributed by atoms with E-state index < -0.39 is 0 Å². The maximum absolute atomic E-state index is 5.21. The van der Waals surface area contributed by atoms with E-state index >= 15 is 0 Å². The Morgan fingerprint density at radius 3 is 2.68 bits per heavy atom. The molecule has 0 fully saturated rings. The highest BCUT2D eigenvalue weighted by Crippen LogP contribution is 2.28. The molecular weight excluding hydrogens is 371 g/mol. The van der Waals surface area contributed by atoms with Crippen molar-refractivity contribution in [3.05, 3.63) is 46.0 Å². The first-order valence-corrected chi connectivity index (χ1v) is 7.61. The van der Waals surface area contributed by atoms with Crippen LogP contribution in [0.4, 0.5) is 0 Å². The van der Waals surface area contributed by atoms with Crippen LogP contribution in [0.3, 0.4) is 0 Å². The summed E-state index contributed by atoms with van der Waals surface area (Å²) >= 11 is 3.92. The molecule has 19 heavy (non-hydrogen) atoms. The van der Waals surface area contributed by atoms with Crippen LogP contribution in [-0.2, 0) is 0 Å². The number of ether oxygens (including phenoxy) is 1. The van der Waals surface area contributed by atoms with Crippen molar-refractivity contribution in [2.24, 2.45) is 0 Å². The highest BCUT2D eigenvalue weighted by molar-refractivity contribution is 14.1. The molecule has 96 valence electrons. The molecular formula is C14H11IN2OS. The van der Waals surface area contributed by atoms with Crippen LogP contribution in [0.2, 0.25) is 0 Å². The number of nitrogens with zero attached hydrogens (tertiary/aromatic N) is 1. The molecule has 0 unspecified atom stereocenters. The average Bonchev–Trinajstić information content (AvgIpc) is 2.82. The van der Waals surface area contributed by atoms with Crippen LogP contribution in [0.1, 0.15) is 0 Å². The van der Waals surface area contributed by atoms with E-state index in [9.17, 15) is 0 Å². The summed E-state index contributed by atoms with van der Waals surface area (Å²) in [7, 11) is 1.67. The maximum Gasteiger partial charge on any atom is 0.171 e. The summed E-state index contributed by atoms with van der Waals surface area (Å²) in [5.41, 5.74) is 1.95. The molecule has 0 spiro atoms. The number of aromatic amines is 1. The summed E-state index contributed by atoms with van der Waals surface area (Å²) in [5.74, 6) is 0.835. The lowest BCUT2D eigenvalue weighted by Gasteiger charge is -1.97. The molecule has 0 saturated heterocycles. The minimum atomic E-state index is 0.835. The Morgan fingerprint density at radius 1 is 1.16 bits per heavy atom. The number of rotatable bonds is 3. The maximum atomic E-state index is 5.21. The van der Waals surface area contributed by atoms with Gasteiger partial charge in [0.1, 0.15) is 5.75 Å². The summed E-state index contributed by atoms with van der Waals surface area (Å²) in [6.45, 7) is 0. The van der Waals surface area contributed by atoms with Crippen LogP contribution in [0.25, 0.3) is 11.0 Å². The zero-order chi connectivity index (χ0) is 13.2. The molecule has 1 N–H and O–H groups in total. The quantitative estimate of drug-likeness (QED) is 0.686. The van der Waals surface area contributed by atoms with E-state index in [-0.39, 0.29) is 0 Å². The fourth-order valence-electron chi connectivity index (χ4n) is 1.75. The predicted octanol–water partition coefficient (Wildman–Crippen LogP) is 4.33. The zero-order valence-corrected chi connectivity index (χ0v) is 13.2. The summed E-state index contributed by atoms with van der Waals surface area (Å²) in [6.07, 6.45) is 0. The third-order valence-corrected chi connectivity index (χ3v) is 4.31. The van der Waals surface area contributed by atoms with Crippen molar-refractivity contribution < 1.29 is 4.74 Å². The van der Waals surface area contributed by atoms with Gasteiger partial charge < -0.3 is 9.72 Å². The normalized spacial score (nSPS) is 10.8. The van der Waals surface area contributed by atoms with Gasteiger partial charge in [-0.3, -0.25) is 0 Å². The number of halogens is 1. The Bertz CT molecular complexity index is 709. The van der Waals surface area contributed by atoms with Crippen molar-refractivity contribution in [3.8, 4) is 5.75 Å². The predicted molar refractivity (Wildman–Crippen MR) is 85.9 cm³/mol. The van der Waals surface area contributed by atoms with E-state index in [0.29, 0.717) is 0 Å². The molecule has 0 radical (unpaired) electrons. The number of benzene rings is 2. The highest BCUT2D eigenvalue weighted by atomic mass is 127. The number of H-pyrrole nitrogens is 1. The molecule has 0 bridgehead atoms. The van der Waals surface area contributed by atoms with Crippen molar-refractivity contribution in [2.45, 2.75) is 10.1 Å². The molecule has 0 aliphatic carbocycles. The lowest BCUT2D eigenvalue weighted by Crippen LogP contribution is -1.81. The second-order valence-electron chi connectivity index (χ2n) is 3.98. The molecule has 3 nitrogen and oxygen atoms in total. The lowest BCUT2D eigenvalue weighted by atomic mass is 10.3. The molecule has 3 aromatic rings. The number of hydrogen-bond donors (Lipinski definition) is 1. The topological polar surface area (TPSA) is 37.9 Å². The smallest absolute Gasteiger partial charge is 0.171 e. The van der Waals surface area contributed by atoms with E-state index in [1.54, 1.807) is 18.9 Å². The number of nitrogens with one attached hydrogen (secondary N) is 1. The first-order chi connectivity index (χ1) is 9.24. The van der Waals surface area contributed by atoms with E-state index in [4.69, 9.17) is 4.74 Å². The van der Waals surface area contributed by atoms with Crippen LogP contribution < -0.4 is 4.74 Å². The molecule has 2 aromatic carbocycles.